The number of fused-ring (bicyclic) bond motifs is 2. The van der Waals surface area contributed by atoms with Crippen LogP contribution in [0.3, 0.4) is 0 Å². The van der Waals surface area contributed by atoms with E-state index in [1.807, 2.05) is 36.4 Å². The monoisotopic (exact) mass is 431 g/mol. The minimum Gasteiger partial charge on any atom is -0.370 e. The third kappa shape index (κ3) is 3.13. The van der Waals surface area contributed by atoms with E-state index in [2.05, 4.69) is 48.8 Å². The van der Waals surface area contributed by atoms with Gasteiger partial charge in [-0.05, 0) is 43.7 Å². The maximum absolute atomic E-state index is 12.5. The number of piperidine rings is 1. The molecule has 1 saturated heterocycles. The Hall–Kier alpha value is -3.72. The highest BCUT2D eigenvalue weighted by Gasteiger charge is 2.40. The van der Waals surface area contributed by atoms with E-state index in [9.17, 15) is 9.59 Å². The van der Waals surface area contributed by atoms with Gasteiger partial charge in [0.25, 0.3) is 0 Å². The van der Waals surface area contributed by atoms with Gasteiger partial charge >= 0.3 is 0 Å². The predicted molar refractivity (Wildman–Crippen MR) is 123 cm³/mol. The van der Waals surface area contributed by atoms with Gasteiger partial charge in [0, 0.05) is 48.9 Å². The first-order chi connectivity index (χ1) is 15.6. The van der Waals surface area contributed by atoms with Gasteiger partial charge in [-0.3, -0.25) is 19.6 Å². The van der Waals surface area contributed by atoms with Crippen molar-refractivity contribution < 1.29 is 9.59 Å². The lowest BCUT2D eigenvalue weighted by Crippen LogP contribution is -2.60. The van der Waals surface area contributed by atoms with Gasteiger partial charge in [0.05, 0.1) is 17.4 Å². The van der Waals surface area contributed by atoms with Gasteiger partial charge in [-0.2, -0.15) is 5.10 Å². The summed E-state index contributed by atoms with van der Waals surface area (Å²) in [6.07, 6.45) is 7.29. The Morgan fingerprint density at radius 3 is 2.78 bits per heavy atom. The highest BCUT2D eigenvalue weighted by Crippen LogP contribution is 2.39. The van der Waals surface area contributed by atoms with E-state index in [1.54, 1.807) is 7.05 Å². The van der Waals surface area contributed by atoms with Crippen LogP contribution in [-0.2, 0) is 16.6 Å². The van der Waals surface area contributed by atoms with Gasteiger partial charge in [-0.15, -0.1) is 0 Å². The van der Waals surface area contributed by atoms with Gasteiger partial charge in [0.2, 0.25) is 12.3 Å². The van der Waals surface area contributed by atoms with E-state index >= 15 is 0 Å². The Bertz CT molecular complexity index is 1310. The molecule has 2 amide bonds. The first-order valence-corrected chi connectivity index (χ1v) is 10.6. The molecule has 3 aromatic heterocycles. The largest absolute Gasteiger partial charge is 0.370 e. The molecular weight excluding hydrogens is 406 g/mol. The van der Waals surface area contributed by atoms with E-state index in [0.717, 1.165) is 38.8 Å². The Labute approximate surface area is 184 Å². The molecule has 0 aliphatic carbocycles. The molecule has 0 saturated carbocycles. The molecule has 32 heavy (non-hydrogen) atoms. The first-order valence-electron chi connectivity index (χ1n) is 10.6. The quantitative estimate of drug-likeness (QED) is 0.417. The maximum atomic E-state index is 12.5. The number of aromatic nitrogens is 4. The van der Waals surface area contributed by atoms with Gasteiger partial charge in [-0.1, -0.05) is 6.07 Å². The molecule has 0 atom stereocenters. The van der Waals surface area contributed by atoms with Crippen molar-refractivity contribution in [1.82, 2.24) is 30.4 Å². The number of carbonyl (C=O) groups is 2. The average Bonchev–Trinajstić information content (AvgIpc) is 3.45. The summed E-state index contributed by atoms with van der Waals surface area (Å²) < 4.78 is 1.86. The number of hydrogen-bond donors (Lipinski definition) is 3. The topological polar surface area (TPSA) is 108 Å². The van der Waals surface area contributed by atoms with E-state index in [0.29, 0.717) is 32.3 Å². The zero-order valence-corrected chi connectivity index (χ0v) is 18.1. The van der Waals surface area contributed by atoms with Crippen LogP contribution in [0.5, 0.6) is 0 Å². The fraction of sp³-hybridized carbons (Fsp3) is 0.304. The molecule has 9 heteroatoms. The van der Waals surface area contributed by atoms with Gasteiger partial charge in [-0.25, -0.2) is 4.98 Å². The predicted octanol–water partition coefficient (Wildman–Crippen LogP) is 1.95. The molecule has 0 unspecified atom stereocenters. The Kier molecular flexibility index (Phi) is 4.90. The molecule has 3 N–H and O–H groups in total. The molecule has 164 valence electrons. The summed E-state index contributed by atoms with van der Waals surface area (Å²) in [7, 11) is 3.70. The smallest absolute Gasteiger partial charge is 0.246 e. The number of nitrogens with zero attached hydrogens (tertiary/aromatic N) is 4. The minimum atomic E-state index is -0.753. The van der Waals surface area contributed by atoms with Crippen molar-refractivity contribution in [3.8, 4) is 11.1 Å². The molecule has 1 aliphatic rings. The number of nitrogens with one attached hydrogen (secondary N) is 3. The van der Waals surface area contributed by atoms with Crippen molar-refractivity contribution in [2.45, 2.75) is 18.4 Å². The lowest BCUT2D eigenvalue weighted by Gasteiger charge is -2.41. The number of aromatic amines is 1. The molecular formula is C23H25N7O2. The van der Waals surface area contributed by atoms with Crippen molar-refractivity contribution in [3.63, 3.8) is 0 Å². The Morgan fingerprint density at radius 2 is 2.03 bits per heavy atom. The number of aryl methyl sites for hydroxylation is 1. The summed E-state index contributed by atoms with van der Waals surface area (Å²) in [5.74, 6) is -0.279. The van der Waals surface area contributed by atoms with E-state index in [1.165, 1.54) is 0 Å². The number of carbonyl (C=O) groups excluding carboxylic acids is 2. The average molecular weight is 432 g/mol. The number of benzene rings is 1. The van der Waals surface area contributed by atoms with Crippen molar-refractivity contribution in [2.24, 2.45) is 7.05 Å². The molecule has 9 nitrogen and oxygen atoms in total. The molecule has 1 aromatic carbocycles. The molecule has 1 aliphatic heterocycles. The van der Waals surface area contributed by atoms with Crippen LogP contribution in [0.1, 0.15) is 12.8 Å². The van der Waals surface area contributed by atoms with Gasteiger partial charge < -0.3 is 15.2 Å². The summed E-state index contributed by atoms with van der Waals surface area (Å²) in [5, 5.41) is 11.9. The number of likely N-dealkylation sites (N-methyl/N-ethyl adjacent to an activating group) is 1. The number of amides is 2. The summed E-state index contributed by atoms with van der Waals surface area (Å²) in [5.41, 5.74) is 4.35. The van der Waals surface area contributed by atoms with Crippen LogP contribution in [0.25, 0.3) is 33.1 Å². The van der Waals surface area contributed by atoms with Crippen molar-refractivity contribution in [2.75, 3.05) is 25.0 Å². The van der Waals surface area contributed by atoms with Crippen LogP contribution >= 0.6 is 0 Å². The van der Waals surface area contributed by atoms with Gasteiger partial charge in [0.1, 0.15) is 11.2 Å². The van der Waals surface area contributed by atoms with E-state index in [-0.39, 0.29) is 5.91 Å². The number of rotatable bonds is 5. The zero-order chi connectivity index (χ0) is 22.3. The summed E-state index contributed by atoms with van der Waals surface area (Å²) >= 11 is 0. The number of H-pyrrole nitrogens is 1. The SMILES string of the molecule is CNC1(C(=O)NC=O)CCN(c2c(-c3ccc4c(cnn4C)c3)cnc3[nH]ccc23)CC1. The number of imide groups is 1. The number of pyridine rings is 1. The molecule has 0 bridgehead atoms. The van der Waals surface area contributed by atoms with E-state index < -0.39 is 5.54 Å². The van der Waals surface area contributed by atoms with Crippen molar-refractivity contribution in [3.05, 3.63) is 42.9 Å². The van der Waals surface area contributed by atoms with Crippen molar-refractivity contribution >= 4 is 39.9 Å². The summed E-state index contributed by atoms with van der Waals surface area (Å²) in [4.78, 5) is 33.5. The van der Waals surface area contributed by atoms with E-state index in [4.69, 9.17) is 0 Å². The second-order valence-corrected chi connectivity index (χ2v) is 8.21. The Balaban J connectivity index is 1.56. The van der Waals surface area contributed by atoms with Crippen molar-refractivity contribution in [1.29, 1.82) is 0 Å². The second-order valence-electron chi connectivity index (χ2n) is 8.21. The molecule has 5 rings (SSSR count). The standard InChI is InChI=1S/C23H25N7O2/c1-24-23(22(32)27-14-31)6-9-30(10-7-23)20-17-5-8-25-21(17)26-13-18(20)15-3-4-19-16(11-15)12-28-29(19)2/h3-5,8,11-14,24H,6-7,9-10H2,1-2H3,(H,25,26)(H,27,31,32). The highest BCUT2D eigenvalue weighted by atomic mass is 16.2. The number of anilines is 1. The van der Waals surface area contributed by atoms with Crippen LogP contribution in [0, 0.1) is 0 Å². The fourth-order valence-corrected chi connectivity index (χ4v) is 4.77. The molecule has 0 spiro atoms. The lowest BCUT2D eigenvalue weighted by molar-refractivity contribution is -0.131. The number of hydrogen-bond acceptors (Lipinski definition) is 6. The normalized spacial score (nSPS) is 15.9. The van der Waals surface area contributed by atoms with Gasteiger partial charge in [0.15, 0.2) is 0 Å². The maximum Gasteiger partial charge on any atom is 0.246 e. The molecule has 4 aromatic rings. The molecule has 0 radical (unpaired) electrons. The zero-order valence-electron chi connectivity index (χ0n) is 18.1. The molecule has 1 fully saturated rings. The third-order valence-electron chi connectivity index (χ3n) is 6.65. The van der Waals surface area contributed by atoms with Crippen LogP contribution in [0.4, 0.5) is 5.69 Å². The highest BCUT2D eigenvalue weighted by molar-refractivity contribution is 6.00. The first kappa shape index (κ1) is 20.2. The van der Waals surface area contributed by atoms with Crippen LogP contribution in [-0.4, -0.2) is 57.7 Å². The van der Waals surface area contributed by atoms with Crippen LogP contribution in [0.15, 0.2) is 42.9 Å². The second kappa shape index (κ2) is 7.76. The van der Waals surface area contributed by atoms with Crippen LogP contribution in [0.2, 0.25) is 0 Å². The Morgan fingerprint density at radius 1 is 1.22 bits per heavy atom. The fourth-order valence-electron chi connectivity index (χ4n) is 4.77. The summed E-state index contributed by atoms with van der Waals surface area (Å²) in [6, 6.07) is 8.36. The molecule has 4 heterocycles. The summed E-state index contributed by atoms with van der Waals surface area (Å²) in [6.45, 7) is 1.33. The minimum absolute atomic E-state index is 0.279. The lowest BCUT2D eigenvalue weighted by atomic mass is 9.86. The van der Waals surface area contributed by atoms with Crippen LogP contribution < -0.4 is 15.5 Å². The third-order valence-corrected chi connectivity index (χ3v) is 6.65.